The van der Waals surface area contributed by atoms with Crippen molar-refractivity contribution in [2.75, 3.05) is 19.7 Å². The maximum Gasteiger partial charge on any atom is 0.0703 e. The van der Waals surface area contributed by atoms with E-state index in [0.29, 0.717) is 29.6 Å². The van der Waals surface area contributed by atoms with Gasteiger partial charge in [0.05, 0.1) is 6.10 Å². The van der Waals surface area contributed by atoms with Gasteiger partial charge in [-0.2, -0.15) is 0 Å². The van der Waals surface area contributed by atoms with Crippen LogP contribution in [-0.2, 0) is 4.74 Å². The van der Waals surface area contributed by atoms with E-state index in [-0.39, 0.29) is 0 Å². The van der Waals surface area contributed by atoms with Crippen molar-refractivity contribution in [2.45, 2.75) is 77.6 Å². The summed E-state index contributed by atoms with van der Waals surface area (Å²) in [5.74, 6) is 0.701. The van der Waals surface area contributed by atoms with E-state index in [0.717, 1.165) is 13.2 Å². The molecule has 0 radical (unpaired) electrons. The van der Waals surface area contributed by atoms with Gasteiger partial charge in [0, 0.05) is 37.3 Å². The number of hydrogen-bond acceptors (Lipinski definition) is 3. The summed E-state index contributed by atoms with van der Waals surface area (Å²) in [5, 5.41) is 3.85. The second kappa shape index (κ2) is 6.11. The zero-order valence-electron chi connectivity index (χ0n) is 13.4. The second-order valence-corrected chi connectivity index (χ2v) is 6.78. The smallest absolute Gasteiger partial charge is 0.0703 e. The van der Waals surface area contributed by atoms with Gasteiger partial charge in [-0.3, -0.25) is 4.90 Å². The van der Waals surface area contributed by atoms with E-state index in [1.807, 2.05) is 0 Å². The highest BCUT2D eigenvalue weighted by molar-refractivity contribution is 5.01. The molecule has 19 heavy (non-hydrogen) atoms. The molecule has 0 amide bonds. The van der Waals surface area contributed by atoms with Crippen molar-refractivity contribution < 1.29 is 4.74 Å². The van der Waals surface area contributed by atoms with E-state index in [1.54, 1.807) is 0 Å². The number of rotatable bonds is 4. The van der Waals surface area contributed by atoms with Crippen LogP contribution in [-0.4, -0.2) is 48.3 Å². The molecule has 0 aromatic heterocycles. The number of hydrogen-bond donors (Lipinski definition) is 1. The average Bonchev–Trinajstić information content (AvgIpc) is 2.84. The van der Waals surface area contributed by atoms with Crippen LogP contribution in [0.1, 0.15) is 53.9 Å². The Morgan fingerprint density at radius 1 is 1.32 bits per heavy atom. The first-order valence-corrected chi connectivity index (χ1v) is 8.15. The van der Waals surface area contributed by atoms with Gasteiger partial charge < -0.3 is 10.1 Å². The predicted molar refractivity (Wildman–Crippen MR) is 80.5 cm³/mol. The quantitative estimate of drug-likeness (QED) is 0.848. The molecule has 2 aliphatic heterocycles. The van der Waals surface area contributed by atoms with Crippen LogP contribution >= 0.6 is 0 Å². The third-order valence-electron chi connectivity index (χ3n) is 5.48. The molecule has 2 heterocycles. The van der Waals surface area contributed by atoms with Crippen LogP contribution in [0.15, 0.2) is 0 Å². The largest absolute Gasteiger partial charge is 0.377 e. The van der Waals surface area contributed by atoms with Gasteiger partial charge in [-0.25, -0.2) is 0 Å². The number of nitrogens with zero attached hydrogens (tertiary/aromatic N) is 1. The van der Waals surface area contributed by atoms with Gasteiger partial charge >= 0.3 is 0 Å². The molecular formula is C16H32N2O. The van der Waals surface area contributed by atoms with Crippen molar-refractivity contribution in [1.29, 1.82) is 0 Å². The van der Waals surface area contributed by atoms with Crippen LogP contribution in [0.3, 0.4) is 0 Å². The third-order valence-corrected chi connectivity index (χ3v) is 5.48. The minimum absolute atomic E-state index is 0.313. The Morgan fingerprint density at radius 3 is 2.47 bits per heavy atom. The monoisotopic (exact) mass is 268 g/mol. The second-order valence-electron chi connectivity index (χ2n) is 6.78. The first kappa shape index (κ1) is 15.3. The molecular weight excluding hydrogens is 236 g/mol. The van der Waals surface area contributed by atoms with E-state index in [1.165, 1.54) is 25.8 Å². The Labute approximate surface area is 119 Å². The van der Waals surface area contributed by atoms with Crippen molar-refractivity contribution in [3.8, 4) is 0 Å². The highest BCUT2D eigenvalue weighted by atomic mass is 16.5. The van der Waals surface area contributed by atoms with Gasteiger partial charge in [0.1, 0.15) is 0 Å². The van der Waals surface area contributed by atoms with E-state index in [9.17, 15) is 0 Å². The van der Waals surface area contributed by atoms with Crippen molar-refractivity contribution in [2.24, 2.45) is 5.92 Å². The number of piperazine rings is 1. The molecule has 3 atom stereocenters. The van der Waals surface area contributed by atoms with Crippen molar-refractivity contribution in [3.05, 3.63) is 0 Å². The minimum Gasteiger partial charge on any atom is -0.377 e. The van der Waals surface area contributed by atoms with Crippen LogP contribution in [0.2, 0.25) is 0 Å². The lowest BCUT2D eigenvalue weighted by atomic mass is 9.84. The zero-order chi connectivity index (χ0) is 14.0. The lowest BCUT2D eigenvalue weighted by Crippen LogP contribution is -2.67. The molecule has 0 aromatic rings. The van der Waals surface area contributed by atoms with E-state index >= 15 is 0 Å². The molecule has 2 rings (SSSR count). The van der Waals surface area contributed by atoms with Crippen LogP contribution in [0.5, 0.6) is 0 Å². The normalized spacial score (nSPS) is 36.0. The van der Waals surface area contributed by atoms with Crippen LogP contribution in [0, 0.1) is 5.92 Å². The maximum absolute atomic E-state index is 5.82. The molecule has 0 aliphatic carbocycles. The molecule has 0 spiro atoms. The summed E-state index contributed by atoms with van der Waals surface area (Å²) in [5.41, 5.74) is 0.313. The molecule has 0 saturated carbocycles. The molecule has 1 N–H and O–H groups in total. The molecule has 2 fully saturated rings. The standard InChI is InChI=1S/C16H32N2O/c1-6-16(7-2)11-18(14-8-9-19-13(14)5)15(10-17-16)12(3)4/h12-15,17H,6-11H2,1-5H3. The van der Waals surface area contributed by atoms with Crippen molar-refractivity contribution in [1.82, 2.24) is 10.2 Å². The van der Waals surface area contributed by atoms with Gasteiger partial charge in [0.25, 0.3) is 0 Å². The van der Waals surface area contributed by atoms with Crippen molar-refractivity contribution >= 4 is 0 Å². The highest BCUT2D eigenvalue weighted by Gasteiger charge is 2.43. The molecule has 0 bridgehead atoms. The molecule has 3 unspecified atom stereocenters. The fraction of sp³-hybridized carbons (Fsp3) is 1.00. The Kier molecular flexibility index (Phi) is 4.91. The fourth-order valence-electron chi connectivity index (χ4n) is 3.82. The zero-order valence-corrected chi connectivity index (χ0v) is 13.4. The molecule has 112 valence electrons. The van der Waals surface area contributed by atoms with Gasteiger partial charge in [0.2, 0.25) is 0 Å². The summed E-state index contributed by atoms with van der Waals surface area (Å²) in [6.07, 6.45) is 4.03. The molecule has 3 nitrogen and oxygen atoms in total. The Balaban J connectivity index is 2.17. The van der Waals surface area contributed by atoms with Crippen molar-refractivity contribution in [3.63, 3.8) is 0 Å². The summed E-state index contributed by atoms with van der Waals surface area (Å²) in [6, 6.07) is 1.27. The van der Waals surface area contributed by atoms with Crippen LogP contribution < -0.4 is 5.32 Å². The van der Waals surface area contributed by atoms with Gasteiger partial charge in [0.15, 0.2) is 0 Å². The van der Waals surface area contributed by atoms with Gasteiger partial charge in [-0.1, -0.05) is 27.7 Å². The lowest BCUT2D eigenvalue weighted by Gasteiger charge is -2.51. The summed E-state index contributed by atoms with van der Waals surface area (Å²) >= 11 is 0. The number of ether oxygens (including phenoxy) is 1. The summed E-state index contributed by atoms with van der Waals surface area (Å²) in [4.78, 5) is 2.77. The predicted octanol–water partition coefficient (Wildman–Crippen LogP) is 2.65. The molecule has 3 heteroatoms. The Bertz CT molecular complexity index is 286. The summed E-state index contributed by atoms with van der Waals surface area (Å²) in [6.45, 7) is 14.8. The Morgan fingerprint density at radius 2 is 2.00 bits per heavy atom. The Hall–Kier alpha value is -0.120. The average molecular weight is 268 g/mol. The molecule has 0 aromatic carbocycles. The summed E-state index contributed by atoms with van der Waals surface area (Å²) in [7, 11) is 0. The summed E-state index contributed by atoms with van der Waals surface area (Å²) < 4.78 is 5.82. The van der Waals surface area contributed by atoms with Gasteiger partial charge in [-0.05, 0) is 32.1 Å². The molecule has 2 aliphatic rings. The fourth-order valence-corrected chi connectivity index (χ4v) is 3.82. The SMILES string of the molecule is CCC1(CC)CN(C2CCOC2C)C(C(C)C)CN1. The third kappa shape index (κ3) is 2.98. The van der Waals surface area contributed by atoms with Gasteiger partial charge in [-0.15, -0.1) is 0 Å². The number of nitrogens with one attached hydrogen (secondary N) is 1. The minimum atomic E-state index is 0.313. The lowest BCUT2D eigenvalue weighted by molar-refractivity contribution is -0.00902. The first-order valence-electron chi connectivity index (χ1n) is 8.15. The van der Waals surface area contributed by atoms with E-state index in [2.05, 4.69) is 44.8 Å². The van der Waals surface area contributed by atoms with Crippen LogP contribution in [0.25, 0.3) is 0 Å². The highest BCUT2D eigenvalue weighted by Crippen LogP contribution is 2.31. The molecule has 2 saturated heterocycles. The van der Waals surface area contributed by atoms with E-state index in [4.69, 9.17) is 4.74 Å². The van der Waals surface area contributed by atoms with E-state index < -0.39 is 0 Å². The maximum atomic E-state index is 5.82. The topological polar surface area (TPSA) is 24.5 Å². The first-order chi connectivity index (χ1) is 9.03. The van der Waals surface area contributed by atoms with Crippen LogP contribution in [0.4, 0.5) is 0 Å².